The molecule has 0 saturated carbocycles. The molecule has 1 aliphatic heterocycles. The minimum absolute atomic E-state index is 0.890. The second-order valence-corrected chi connectivity index (χ2v) is 5.54. The number of hydrogen-bond donors (Lipinski definition) is 0. The van der Waals surface area contributed by atoms with Crippen LogP contribution >= 0.6 is 0 Å². The van der Waals surface area contributed by atoms with E-state index in [1.165, 1.54) is 49.8 Å². The Hall–Kier alpha value is -0.0400. The van der Waals surface area contributed by atoms with E-state index in [4.69, 9.17) is 0 Å². The van der Waals surface area contributed by atoms with Crippen LogP contribution in [0.4, 0.5) is 0 Å². The molecular weight excluding hydrogens is 170 g/mol. The van der Waals surface area contributed by atoms with Crippen LogP contribution in [0.15, 0.2) is 0 Å². The molecule has 1 heterocycles. The van der Waals surface area contributed by atoms with E-state index in [1.54, 1.807) is 0 Å². The standard InChI is InChI=1S/C13H28N/c1-5-13(4)14(10-11-14)9-7-6-8-12(2)3/h12-13H,5-11H2,1-4H3/q+1. The molecule has 0 aromatic heterocycles. The predicted octanol–water partition coefficient (Wildman–Crippen LogP) is 3.44. The minimum Gasteiger partial charge on any atom is -0.312 e. The second kappa shape index (κ2) is 5.16. The molecule has 1 atom stereocenters. The predicted molar refractivity (Wildman–Crippen MR) is 63.3 cm³/mol. The molecule has 1 heteroatoms. The van der Waals surface area contributed by atoms with Gasteiger partial charge in [0.1, 0.15) is 13.1 Å². The van der Waals surface area contributed by atoms with Gasteiger partial charge in [-0.15, -0.1) is 0 Å². The van der Waals surface area contributed by atoms with Crippen LogP contribution in [0.25, 0.3) is 0 Å². The molecule has 0 spiro atoms. The third-order valence-electron chi connectivity index (χ3n) is 3.96. The Bertz CT molecular complexity index is 159. The van der Waals surface area contributed by atoms with Crippen LogP contribution < -0.4 is 0 Å². The van der Waals surface area contributed by atoms with Gasteiger partial charge in [-0.3, -0.25) is 0 Å². The molecule has 1 saturated heterocycles. The molecule has 0 aliphatic carbocycles. The van der Waals surface area contributed by atoms with Crippen LogP contribution in [0.1, 0.15) is 53.4 Å². The summed E-state index contributed by atoms with van der Waals surface area (Å²) >= 11 is 0. The van der Waals surface area contributed by atoms with E-state index in [2.05, 4.69) is 27.7 Å². The Morgan fingerprint density at radius 3 is 2.14 bits per heavy atom. The molecule has 1 fully saturated rings. The van der Waals surface area contributed by atoms with Crippen LogP contribution in [0, 0.1) is 5.92 Å². The highest BCUT2D eigenvalue weighted by Crippen LogP contribution is 2.28. The van der Waals surface area contributed by atoms with Crippen molar-refractivity contribution in [3.8, 4) is 0 Å². The van der Waals surface area contributed by atoms with Crippen LogP contribution in [0.3, 0.4) is 0 Å². The third-order valence-corrected chi connectivity index (χ3v) is 3.96. The van der Waals surface area contributed by atoms with Crippen molar-refractivity contribution in [2.24, 2.45) is 5.92 Å². The Morgan fingerprint density at radius 2 is 1.71 bits per heavy atom. The highest BCUT2D eigenvalue weighted by Gasteiger charge is 2.45. The lowest BCUT2D eigenvalue weighted by Gasteiger charge is -2.25. The quantitative estimate of drug-likeness (QED) is 0.334. The smallest absolute Gasteiger partial charge is 0.129 e. The summed E-state index contributed by atoms with van der Waals surface area (Å²) in [7, 11) is 0. The number of rotatable bonds is 7. The van der Waals surface area contributed by atoms with Crippen LogP contribution in [0.2, 0.25) is 0 Å². The van der Waals surface area contributed by atoms with Gasteiger partial charge >= 0.3 is 0 Å². The van der Waals surface area contributed by atoms with Crippen molar-refractivity contribution in [2.75, 3.05) is 19.6 Å². The van der Waals surface area contributed by atoms with Gasteiger partial charge in [0.2, 0.25) is 0 Å². The molecule has 1 rings (SSSR count). The maximum absolute atomic E-state index is 2.43. The van der Waals surface area contributed by atoms with Gasteiger partial charge in [0.15, 0.2) is 0 Å². The summed E-state index contributed by atoms with van der Waals surface area (Å²) in [5.41, 5.74) is 0. The van der Waals surface area contributed by atoms with E-state index in [0.717, 1.165) is 12.0 Å². The zero-order chi connectivity index (χ0) is 10.6. The lowest BCUT2D eigenvalue weighted by Crippen LogP contribution is -2.36. The maximum Gasteiger partial charge on any atom is 0.129 e. The first-order valence-corrected chi connectivity index (χ1v) is 6.46. The summed E-state index contributed by atoms with van der Waals surface area (Å²) in [5.74, 6) is 0.890. The molecule has 1 nitrogen and oxygen atoms in total. The van der Waals surface area contributed by atoms with E-state index in [-0.39, 0.29) is 0 Å². The molecule has 0 aromatic rings. The molecule has 1 aliphatic rings. The van der Waals surface area contributed by atoms with Gasteiger partial charge < -0.3 is 4.48 Å². The monoisotopic (exact) mass is 198 g/mol. The van der Waals surface area contributed by atoms with Gasteiger partial charge in [-0.2, -0.15) is 0 Å². The Labute approximate surface area is 90.1 Å². The van der Waals surface area contributed by atoms with Gasteiger partial charge in [0, 0.05) is 0 Å². The molecule has 0 radical (unpaired) electrons. The van der Waals surface area contributed by atoms with Crippen LogP contribution in [0.5, 0.6) is 0 Å². The number of nitrogens with zero attached hydrogens (tertiary/aromatic N) is 1. The van der Waals surface area contributed by atoms with E-state index in [9.17, 15) is 0 Å². The van der Waals surface area contributed by atoms with Crippen molar-refractivity contribution >= 4 is 0 Å². The maximum atomic E-state index is 2.43. The largest absolute Gasteiger partial charge is 0.312 e. The fourth-order valence-electron chi connectivity index (χ4n) is 2.38. The normalized spacial score (nSPS) is 21.2. The SMILES string of the molecule is CCC(C)[N+]1(CCCCC(C)C)CC1. The Morgan fingerprint density at radius 1 is 1.07 bits per heavy atom. The minimum atomic E-state index is 0.890. The number of quaternary nitrogens is 1. The Kier molecular flexibility index (Phi) is 4.43. The summed E-state index contributed by atoms with van der Waals surface area (Å²) in [4.78, 5) is 0. The van der Waals surface area contributed by atoms with Crippen LogP contribution in [-0.4, -0.2) is 30.2 Å². The van der Waals surface area contributed by atoms with Gasteiger partial charge in [-0.1, -0.05) is 27.2 Å². The zero-order valence-electron chi connectivity index (χ0n) is 10.6. The van der Waals surface area contributed by atoms with Crippen molar-refractivity contribution in [3.05, 3.63) is 0 Å². The van der Waals surface area contributed by atoms with Gasteiger partial charge in [0.05, 0.1) is 12.6 Å². The average Bonchev–Trinajstić information content (AvgIpc) is 2.92. The van der Waals surface area contributed by atoms with Crippen molar-refractivity contribution in [1.29, 1.82) is 0 Å². The fourth-order valence-corrected chi connectivity index (χ4v) is 2.38. The first-order valence-electron chi connectivity index (χ1n) is 6.46. The molecule has 0 bridgehead atoms. The molecule has 0 aromatic carbocycles. The number of hydrogen-bond acceptors (Lipinski definition) is 0. The summed E-state index contributed by atoms with van der Waals surface area (Å²) in [6.07, 6.45) is 5.65. The van der Waals surface area contributed by atoms with E-state index in [1.807, 2.05) is 0 Å². The first kappa shape index (κ1) is 12.0. The molecular formula is C13H28N+. The van der Waals surface area contributed by atoms with Crippen molar-refractivity contribution in [3.63, 3.8) is 0 Å². The fraction of sp³-hybridized carbons (Fsp3) is 1.00. The summed E-state index contributed by atoms with van der Waals surface area (Å²) in [5, 5.41) is 0. The summed E-state index contributed by atoms with van der Waals surface area (Å²) < 4.78 is 1.44. The first-order chi connectivity index (χ1) is 6.60. The molecule has 1 unspecified atom stereocenters. The summed E-state index contributed by atoms with van der Waals surface area (Å²) in [6.45, 7) is 13.8. The molecule has 14 heavy (non-hydrogen) atoms. The molecule has 0 N–H and O–H groups in total. The lowest BCUT2D eigenvalue weighted by molar-refractivity contribution is -0.825. The molecule has 84 valence electrons. The van der Waals surface area contributed by atoms with Crippen molar-refractivity contribution in [2.45, 2.75) is 59.4 Å². The van der Waals surface area contributed by atoms with E-state index >= 15 is 0 Å². The topological polar surface area (TPSA) is 0 Å². The van der Waals surface area contributed by atoms with E-state index in [0.29, 0.717) is 0 Å². The number of unbranched alkanes of at least 4 members (excludes halogenated alkanes) is 1. The Balaban J connectivity index is 2.12. The highest BCUT2D eigenvalue weighted by atomic mass is 15.5. The van der Waals surface area contributed by atoms with Gasteiger partial charge in [0.25, 0.3) is 0 Å². The lowest BCUT2D eigenvalue weighted by atomic mass is 10.1. The van der Waals surface area contributed by atoms with E-state index < -0.39 is 0 Å². The van der Waals surface area contributed by atoms with Crippen molar-refractivity contribution < 1.29 is 4.48 Å². The van der Waals surface area contributed by atoms with Crippen molar-refractivity contribution in [1.82, 2.24) is 0 Å². The second-order valence-electron chi connectivity index (χ2n) is 5.54. The van der Waals surface area contributed by atoms with Gasteiger partial charge in [-0.05, 0) is 32.1 Å². The summed E-state index contributed by atoms with van der Waals surface area (Å²) in [6, 6.07) is 0.911. The highest BCUT2D eigenvalue weighted by molar-refractivity contribution is 4.64. The zero-order valence-corrected chi connectivity index (χ0v) is 10.6. The van der Waals surface area contributed by atoms with Gasteiger partial charge in [-0.25, -0.2) is 0 Å². The molecule has 0 amide bonds. The van der Waals surface area contributed by atoms with Crippen LogP contribution in [-0.2, 0) is 0 Å². The average molecular weight is 198 g/mol. The third kappa shape index (κ3) is 3.27.